The van der Waals surface area contributed by atoms with Gasteiger partial charge in [-0.25, -0.2) is 0 Å². The van der Waals surface area contributed by atoms with Crippen molar-refractivity contribution in [2.45, 2.75) is 0 Å². The first-order valence-electron chi connectivity index (χ1n) is 8.00. The molecule has 0 N–H and O–H groups in total. The summed E-state index contributed by atoms with van der Waals surface area (Å²) in [5.41, 5.74) is 3.75. The Kier molecular flexibility index (Phi) is 3.13. The first-order valence-corrected chi connectivity index (χ1v) is 9.08. The van der Waals surface area contributed by atoms with Gasteiger partial charge >= 0.3 is 0 Å². The Labute approximate surface area is 153 Å². The van der Waals surface area contributed by atoms with E-state index in [9.17, 15) is 0 Å². The van der Waals surface area contributed by atoms with Gasteiger partial charge in [0.25, 0.3) is 0 Å². The molecule has 2 heteroatoms. The van der Waals surface area contributed by atoms with Gasteiger partial charge in [0, 0.05) is 19.7 Å². The van der Waals surface area contributed by atoms with Crippen LogP contribution in [0.5, 0.6) is 0 Å². The van der Waals surface area contributed by atoms with Crippen LogP contribution in [0.3, 0.4) is 0 Å². The monoisotopic (exact) mass is 419 g/mol. The van der Waals surface area contributed by atoms with Gasteiger partial charge in [0.1, 0.15) is 0 Å². The number of halogens is 1. The Hall–Kier alpha value is -2.33. The van der Waals surface area contributed by atoms with Gasteiger partial charge in [-0.05, 0) is 58.3 Å². The highest BCUT2D eigenvalue weighted by molar-refractivity contribution is 14.1. The third-order valence-corrected chi connectivity index (χ3v) is 5.31. The molecule has 0 aliphatic rings. The molecule has 0 saturated heterocycles. The van der Waals surface area contributed by atoms with E-state index in [-0.39, 0.29) is 0 Å². The van der Waals surface area contributed by atoms with E-state index < -0.39 is 0 Å². The number of para-hydroxylation sites is 1. The number of hydrogen-bond acceptors (Lipinski definition) is 0. The standard InChI is InChI=1S/C22H14IN/c23-16-12-13-22-19(14-16)18-9-3-4-10-21(18)24(22)20-11-5-7-15-6-1-2-8-17(15)20/h1-14H. The van der Waals surface area contributed by atoms with Crippen LogP contribution >= 0.6 is 22.6 Å². The number of rotatable bonds is 1. The number of aromatic nitrogens is 1. The Morgan fingerprint density at radius 3 is 2.21 bits per heavy atom. The molecule has 1 heterocycles. The van der Waals surface area contributed by atoms with E-state index in [0.717, 1.165) is 0 Å². The SMILES string of the molecule is Ic1ccc2c(c1)c1ccccc1n2-c1cccc2ccccc12. The van der Waals surface area contributed by atoms with Crippen molar-refractivity contribution in [3.8, 4) is 5.69 Å². The molecule has 0 radical (unpaired) electrons. The first-order chi connectivity index (χ1) is 11.8. The Bertz CT molecular complexity index is 1210. The van der Waals surface area contributed by atoms with E-state index in [4.69, 9.17) is 0 Å². The molecular weight excluding hydrogens is 405 g/mol. The molecule has 0 aliphatic heterocycles. The molecule has 0 saturated carbocycles. The topological polar surface area (TPSA) is 4.93 Å². The molecule has 24 heavy (non-hydrogen) atoms. The van der Waals surface area contributed by atoms with Crippen LogP contribution in [0.25, 0.3) is 38.3 Å². The second-order valence-electron chi connectivity index (χ2n) is 6.01. The van der Waals surface area contributed by atoms with Crippen LogP contribution in [0.2, 0.25) is 0 Å². The second-order valence-corrected chi connectivity index (χ2v) is 7.26. The molecule has 1 aromatic heterocycles. The van der Waals surface area contributed by atoms with Gasteiger partial charge < -0.3 is 4.57 Å². The number of nitrogens with zero attached hydrogens (tertiary/aromatic N) is 1. The van der Waals surface area contributed by atoms with Crippen LogP contribution in [-0.4, -0.2) is 4.57 Å². The van der Waals surface area contributed by atoms with Crippen LogP contribution in [0.15, 0.2) is 84.9 Å². The van der Waals surface area contributed by atoms with Crippen LogP contribution in [0, 0.1) is 3.57 Å². The van der Waals surface area contributed by atoms with E-state index in [2.05, 4.69) is 112 Å². The smallest absolute Gasteiger partial charge is 0.0542 e. The van der Waals surface area contributed by atoms with Crippen LogP contribution in [0.1, 0.15) is 0 Å². The van der Waals surface area contributed by atoms with Crippen molar-refractivity contribution in [1.29, 1.82) is 0 Å². The normalized spacial score (nSPS) is 11.5. The highest BCUT2D eigenvalue weighted by Gasteiger charge is 2.13. The molecule has 0 bridgehead atoms. The molecule has 0 aliphatic carbocycles. The van der Waals surface area contributed by atoms with Crippen molar-refractivity contribution in [1.82, 2.24) is 4.57 Å². The number of benzene rings is 4. The van der Waals surface area contributed by atoms with Crippen molar-refractivity contribution in [3.05, 3.63) is 88.5 Å². The average molecular weight is 419 g/mol. The maximum atomic E-state index is 2.39. The van der Waals surface area contributed by atoms with Gasteiger partial charge in [0.2, 0.25) is 0 Å². The molecule has 4 aromatic carbocycles. The summed E-state index contributed by atoms with van der Waals surface area (Å²) in [6.07, 6.45) is 0. The molecule has 5 aromatic rings. The highest BCUT2D eigenvalue weighted by atomic mass is 127. The fraction of sp³-hybridized carbons (Fsp3) is 0. The lowest BCUT2D eigenvalue weighted by atomic mass is 10.1. The molecule has 0 unspecified atom stereocenters. The molecule has 114 valence electrons. The summed E-state index contributed by atoms with van der Waals surface area (Å²) < 4.78 is 3.66. The predicted molar refractivity (Wildman–Crippen MR) is 111 cm³/mol. The van der Waals surface area contributed by atoms with Gasteiger partial charge in [0.15, 0.2) is 0 Å². The zero-order valence-corrected chi connectivity index (χ0v) is 15.1. The fourth-order valence-corrected chi connectivity index (χ4v) is 4.10. The minimum Gasteiger partial charge on any atom is -0.309 e. The molecule has 5 rings (SSSR count). The van der Waals surface area contributed by atoms with Crippen LogP contribution in [0.4, 0.5) is 0 Å². The first kappa shape index (κ1) is 14.1. The summed E-state index contributed by atoms with van der Waals surface area (Å²) in [5.74, 6) is 0. The third-order valence-electron chi connectivity index (χ3n) is 4.64. The quantitative estimate of drug-likeness (QED) is 0.272. The summed E-state index contributed by atoms with van der Waals surface area (Å²) in [4.78, 5) is 0. The van der Waals surface area contributed by atoms with Crippen molar-refractivity contribution >= 4 is 55.2 Å². The molecule has 0 fully saturated rings. The summed E-state index contributed by atoms with van der Waals surface area (Å²) >= 11 is 2.39. The maximum Gasteiger partial charge on any atom is 0.0542 e. The molecule has 0 spiro atoms. The predicted octanol–water partition coefficient (Wildman–Crippen LogP) is 6.54. The minimum atomic E-state index is 1.24. The number of hydrogen-bond donors (Lipinski definition) is 0. The fourth-order valence-electron chi connectivity index (χ4n) is 3.61. The van der Waals surface area contributed by atoms with Crippen molar-refractivity contribution in [3.63, 3.8) is 0 Å². The van der Waals surface area contributed by atoms with Gasteiger partial charge in [-0.15, -0.1) is 0 Å². The van der Waals surface area contributed by atoms with E-state index in [1.54, 1.807) is 0 Å². The van der Waals surface area contributed by atoms with Gasteiger partial charge in [-0.1, -0.05) is 54.6 Å². The molecule has 0 atom stereocenters. The molecular formula is C22H14IN. The number of fused-ring (bicyclic) bond motifs is 4. The maximum absolute atomic E-state index is 2.39. The highest BCUT2D eigenvalue weighted by Crippen LogP contribution is 2.35. The molecule has 0 amide bonds. The van der Waals surface area contributed by atoms with E-state index in [1.807, 2.05) is 0 Å². The summed E-state index contributed by atoms with van der Waals surface area (Å²) in [7, 11) is 0. The van der Waals surface area contributed by atoms with E-state index >= 15 is 0 Å². The van der Waals surface area contributed by atoms with E-state index in [0.29, 0.717) is 0 Å². The largest absolute Gasteiger partial charge is 0.309 e. The Morgan fingerprint density at radius 1 is 0.583 bits per heavy atom. The lowest BCUT2D eigenvalue weighted by molar-refractivity contribution is 1.20. The minimum absolute atomic E-state index is 1.24. The van der Waals surface area contributed by atoms with Crippen LogP contribution < -0.4 is 0 Å². The zero-order valence-electron chi connectivity index (χ0n) is 12.9. The van der Waals surface area contributed by atoms with Gasteiger partial charge in [0.05, 0.1) is 16.7 Å². The van der Waals surface area contributed by atoms with Crippen molar-refractivity contribution < 1.29 is 0 Å². The van der Waals surface area contributed by atoms with Crippen molar-refractivity contribution in [2.24, 2.45) is 0 Å². The lowest BCUT2D eigenvalue weighted by Gasteiger charge is -2.11. The third kappa shape index (κ3) is 1.99. The molecule has 1 nitrogen and oxygen atoms in total. The summed E-state index contributed by atoms with van der Waals surface area (Å²) in [6.45, 7) is 0. The second kappa shape index (κ2) is 5.35. The van der Waals surface area contributed by atoms with Crippen molar-refractivity contribution in [2.75, 3.05) is 0 Å². The van der Waals surface area contributed by atoms with Crippen LogP contribution in [-0.2, 0) is 0 Å². The lowest BCUT2D eigenvalue weighted by Crippen LogP contribution is -1.94. The Balaban J connectivity index is 2.01. The average Bonchev–Trinajstić information content (AvgIpc) is 2.95. The van der Waals surface area contributed by atoms with Gasteiger partial charge in [-0.2, -0.15) is 0 Å². The van der Waals surface area contributed by atoms with E-state index in [1.165, 1.54) is 41.8 Å². The summed E-state index contributed by atoms with van der Waals surface area (Å²) in [6, 6.07) is 30.5. The zero-order chi connectivity index (χ0) is 16.1. The summed E-state index contributed by atoms with van der Waals surface area (Å²) in [5, 5.41) is 5.16. The van der Waals surface area contributed by atoms with Gasteiger partial charge in [-0.3, -0.25) is 0 Å². The Morgan fingerprint density at radius 2 is 1.29 bits per heavy atom.